The molecule has 10 heteroatoms. The lowest BCUT2D eigenvalue weighted by atomic mass is 10.2. The van der Waals surface area contributed by atoms with E-state index in [0.29, 0.717) is 52.3 Å². The number of fused-ring (bicyclic) bond motifs is 1. The van der Waals surface area contributed by atoms with E-state index in [-0.39, 0.29) is 5.56 Å². The van der Waals surface area contributed by atoms with E-state index in [1.807, 2.05) is 56.3 Å². The zero-order valence-corrected chi connectivity index (χ0v) is 26.4. The van der Waals surface area contributed by atoms with Crippen molar-refractivity contribution in [2.24, 2.45) is 5.10 Å². The van der Waals surface area contributed by atoms with Gasteiger partial charge in [0.25, 0.3) is 5.56 Å². The van der Waals surface area contributed by atoms with E-state index in [1.165, 1.54) is 4.68 Å². The Balaban J connectivity index is 1.73. The Morgan fingerprint density at radius 1 is 0.946 bits per heavy atom. The number of benzene rings is 3. The quantitative estimate of drug-likeness (QED) is 0.162. The largest absolute Gasteiger partial charge is 0.490 e. The van der Waals surface area contributed by atoms with Gasteiger partial charge in [-0.05, 0) is 87.2 Å². The van der Waals surface area contributed by atoms with Crippen molar-refractivity contribution in [3.8, 4) is 11.5 Å². The molecule has 0 amide bonds. The third kappa shape index (κ3) is 6.53. The van der Waals surface area contributed by atoms with Gasteiger partial charge in [0, 0.05) is 25.4 Å². The van der Waals surface area contributed by atoms with Crippen molar-refractivity contribution in [2.75, 3.05) is 6.61 Å². The maximum Gasteiger partial charge on any atom is 0.282 e. The first kappa shape index (κ1) is 28.0. The van der Waals surface area contributed by atoms with Gasteiger partial charge < -0.3 is 9.47 Å². The van der Waals surface area contributed by atoms with Crippen LogP contribution in [0.1, 0.15) is 37.2 Å². The lowest BCUT2D eigenvalue weighted by Crippen LogP contribution is -2.22. The summed E-state index contributed by atoms with van der Waals surface area (Å²) in [6.07, 6.45) is 3.08. The summed E-state index contributed by atoms with van der Waals surface area (Å²) < 4.78 is 16.7. The monoisotopic (exact) mass is 753 g/mol. The highest BCUT2D eigenvalue weighted by atomic mass is 79.9. The Bertz CT molecular complexity index is 1520. The van der Waals surface area contributed by atoms with E-state index >= 15 is 0 Å². The van der Waals surface area contributed by atoms with Crippen molar-refractivity contribution in [1.29, 1.82) is 0 Å². The molecule has 0 fully saturated rings. The Kier molecular flexibility index (Phi) is 9.61. The average Bonchev–Trinajstić information content (AvgIpc) is 2.88. The van der Waals surface area contributed by atoms with Gasteiger partial charge in [-0.3, -0.25) is 4.79 Å². The van der Waals surface area contributed by atoms with Crippen LogP contribution in [0.5, 0.6) is 11.5 Å². The van der Waals surface area contributed by atoms with Crippen LogP contribution in [0, 0.1) is 0 Å². The van der Waals surface area contributed by atoms with Gasteiger partial charge >= 0.3 is 0 Å². The molecule has 0 aliphatic carbocycles. The first-order chi connectivity index (χ1) is 17.8. The van der Waals surface area contributed by atoms with Gasteiger partial charge in [-0.25, -0.2) is 4.98 Å². The first-order valence-electron chi connectivity index (χ1n) is 11.6. The summed E-state index contributed by atoms with van der Waals surface area (Å²) in [6.45, 7) is 4.79. The fourth-order valence-corrected chi connectivity index (χ4v) is 5.21. The molecule has 4 rings (SSSR count). The molecule has 37 heavy (non-hydrogen) atoms. The number of rotatable bonds is 9. The van der Waals surface area contributed by atoms with E-state index in [2.05, 4.69) is 68.8 Å². The second kappa shape index (κ2) is 12.7. The number of hydrogen-bond acceptors (Lipinski definition) is 5. The van der Waals surface area contributed by atoms with Crippen molar-refractivity contribution < 1.29 is 9.47 Å². The van der Waals surface area contributed by atoms with E-state index in [9.17, 15) is 4.79 Å². The molecule has 0 saturated heterocycles. The first-order valence-corrected chi connectivity index (χ1v) is 14.8. The molecule has 192 valence electrons. The van der Waals surface area contributed by atoms with Gasteiger partial charge in [0.1, 0.15) is 12.4 Å². The smallest absolute Gasteiger partial charge is 0.282 e. The summed E-state index contributed by atoms with van der Waals surface area (Å²) in [4.78, 5) is 18.0. The van der Waals surface area contributed by atoms with Gasteiger partial charge in [0.05, 0.1) is 28.2 Å². The van der Waals surface area contributed by atoms with E-state index in [0.717, 1.165) is 31.0 Å². The molecule has 0 spiro atoms. The minimum atomic E-state index is -0.222. The normalized spacial score (nSPS) is 11.4. The van der Waals surface area contributed by atoms with E-state index in [1.54, 1.807) is 12.3 Å². The van der Waals surface area contributed by atoms with Crippen molar-refractivity contribution in [2.45, 2.75) is 33.3 Å². The van der Waals surface area contributed by atoms with Crippen LogP contribution in [-0.2, 0) is 13.0 Å². The molecule has 4 aromatic rings. The highest BCUT2D eigenvalue weighted by Crippen LogP contribution is 2.43. The molecule has 0 radical (unpaired) electrons. The molecule has 0 saturated carbocycles. The fourth-order valence-electron chi connectivity index (χ4n) is 3.65. The third-order valence-corrected chi connectivity index (χ3v) is 8.58. The van der Waals surface area contributed by atoms with Crippen LogP contribution < -0.4 is 15.0 Å². The van der Waals surface area contributed by atoms with E-state index < -0.39 is 0 Å². The average molecular weight is 757 g/mol. The van der Waals surface area contributed by atoms with Crippen LogP contribution in [0.3, 0.4) is 0 Å². The van der Waals surface area contributed by atoms with Crippen LogP contribution in [0.2, 0.25) is 0 Å². The molecule has 0 N–H and O–H groups in total. The van der Waals surface area contributed by atoms with Crippen molar-refractivity contribution in [3.63, 3.8) is 0 Å². The van der Waals surface area contributed by atoms with Gasteiger partial charge in [0.2, 0.25) is 0 Å². The summed E-state index contributed by atoms with van der Waals surface area (Å²) >= 11 is 14.2. The van der Waals surface area contributed by atoms with Crippen LogP contribution >= 0.6 is 63.7 Å². The Hall–Kier alpha value is -2.01. The van der Waals surface area contributed by atoms with Crippen molar-refractivity contribution in [1.82, 2.24) is 9.66 Å². The molecule has 6 nitrogen and oxygen atoms in total. The number of nitrogens with zero attached hydrogens (tertiary/aromatic N) is 3. The van der Waals surface area contributed by atoms with Gasteiger partial charge in [-0.1, -0.05) is 50.9 Å². The highest BCUT2D eigenvalue weighted by molar-refractivity contribution is 9.13. The fraction of sp³-hybridized carbons (Fsp3) is 0.222. The number of aromatic nitrogens is 2. The number of halogens is 4. The SMILES string of the molecule is CCCc1nc2ccc(Br)cc2c(=O)n1N=Cc1cc(OCC)c(OCc2ccc(Br)cc2)c(Br)c1Br. The number of hydrogen-bond donors (Lipinski definition) is 0. The Morgan fingerprint density at radius 3 is 2.38 bits per heavy atom. The van der Waals surface area contributed by atoms with Crippen molar-refractivity contribution >= 4 is 80.8 Å². The van der Waals surface area contributed by atoms with E-state index in [4.69, 9.17) is 14.5 Å². The molecule has 0 aliphatic heterocycles. The minimum absolute atomic E-state index is 0.222. The molecule has 0 aliphatic rings. The van der Waals surface area contributed by atoms with Crippen LogP contribution in [0.4, 0.5) is 0 Å². The van der Waals surface area contributed by atoms with Gasteiger partial charge in [0.15, 0.2) is 11.5 Å². The van der Waals surface area contributed by atoms with Crippen LogP contribution in [0.15, 0.2) is 76.3 Å². The predicted octanol–water partition coefficient (Wildman–Crippen LogP) is 8.26. The number of aryl methyl sites for hydroxylation is 1. The molecule has 0 atom stereocenters. The summed E-state index contributed by atoms with van der Waals surface area (Å²) in [5.41, 5.74) is 2.17. The summed E-state index contributed by atoms with van der Waals surface area (Å²) in [7, 11) is 0. The van der Waals surface area contributed by atoms with Crippen LogP contribution in [0.25, 0.3) is 10.9 Å². The lowest BCUT2D eigenvalue weighted by Gasteiger charge is -2.16. The molecule has 0 unspecified atom stereocenters. The molecular formula is C27H23Br4N3O3. The third-order valence-electron chi connectivity index (χ3n) is 5.41. The predicted molar refractivity (Wildman–Crippen MR) is 162 cm³/mol. The highest BCUT2D eigenvalue weighted by Gasteiger charge is 2.18. The summed E-state index contributed by atoms with van der Waals surface area (Å²) in [5, 5.41) is 5.06. The Labute approximate surface area is 248 Å². The minimum Gasteiger partial charge on any atom is -0.490 e. The summed E-state index contributed by atoms with van der Waals surface area (Å²) in [5.74, 6) is 1.75. The molecule has 0 bridgehead atoms. The topological polar surface area (TPSA) is 65.7 Å². The lowest BCUT2D eigenvalue weighted by molar-refractivity contribution is 0.267. The molecule has 1 heterocycles. The van der Waals surface area contributed by atoms with Gasteiger partial charge in [-0.2, -0.15) is 9.78 Å². The van der Waals surface area contributed by atoms with Gasteiger partial charge in [-0.15, -0.1) is 0 Å². The summed E-state index contributed by atoms with van der Waals surface area (Å²) in [6, 6.07) is 15.3. The second-order valence-electron chi connectivity index (χ2n) is 8.07. The maximum atomic E-state index is 13.3. The van der Waals surface area contributed by atoms with Crippen LogP contribution in [-0.4, -0.2) is 22.5 Å². The molecule has 3 aromatic carbocycles. The Morgan fingerprint density at radius 2 is 1.68 bits per heavy atom. The zero-order chi connectivity index (χ0) is 26.5. The maximum absolute atomic E-state index is 13.3. The number of ether oxygens (including phenoxy) is 2. The second-order valence-corrected chi connectivity index (χ2v) is 11.5. The molecule has 1 aromatic heterocycles. The molecular weight excluding hydrogens is 734 g/mol. The standard InChI is InChI=1S/C27H23Br4N3O3/c1-3-5-23-33-21-11-10-19(29)13-20(21)27(35)34(23)32-14-17-12-22(36-4-2)26(25(31)24(17)30)37-15-16-6-8-18(28)9-7-16/h6-14H,3-5,15H2,1-2H3. The zero-order valence-electron chi connectivity index (χ0n) is 20.1. The van der Waals surface area contributed by atoms with Crippen molar-refractivity contribution in [3.05, 3.63) is 93.7 Å².